The van der Waals surface area contributed by atoms with E-state index in [1.54, 1.807) is 0 Å². The number of hydrogen-bond donors (Lipinski definition) is 0. The zero-order valence-electron chi connectivity index (χ0n) is 2.45. The molecular formula is GeSbSiSn2. The van der Waals surface area contributed by atoms with Gasteiger partial charge in [0.05, 0.1) is 0 Å². The van der Waals surface area contributed by atoms with E-state index in [2.05, 4.69) is 0 Å². The molecule has 0 nitrogen and oxygen atoms in total. The average Bonchev–Trinajstić information content (AvgIpc) is 0. The summed E-state index contributed by atoms with van der Waals surface area (Å²) in [4.78, 5) is 0. The second kappa shape index (κ2) is 27.1. The minimum atomic E-state index is 0. The van der Waals surface area contributed by atoms with Crippen LogP contribution < -0.4 is 0 Å². The molecule has 0 aliphatic rings. The van der Waals surface area contributed by atoms with Gasteiger partial charge in [0, 0.05) is 101 Å². The van der Waals surface area contributed by atoms with E-state index in [1.165, 1.54) is 0 Å². The summed E-state index contributed by atoms with van der Waals surface area (Å²) in [6.45, 7) is 0. The fourth-order valence-electron chi connectivity index (χ4n) is 0. The molecule has 0 unspecified atom stereocenters. The number of hydrogen-bond acceptors (Lipinski definition) is 0. The Hall–Kier alpha value is 3.18. The molecule has 0 saturated carbocycles. The van der Waals surface area contributed by atoms with E-state index >= 15 is 0 Å². The van der Waals surface area contributed by atoms with Crippen LogP contribution in [0.1, 0.15) is 0 Å². The molecule has 19 radical (unpaired) electrons. The Morgan fingerprint density at radius 3 is 0.800 bits per heavy atom. The van der Waals surface area contributed by atoms with Gasteiger partial charge in [-0.1, -0.05) is 0 Å². The van der Waals surface area contributed by atoms with Crippen LogP contribution in [-0.4, -0.2) is 101 Å². The van der Waals surface area contributed by atoms with Gasteiger partial charge in [-0.2, -0.15) is 0 Å². The summed E-state index contributed by atoms with van der Waals surface area (Å²) in [6.07, 6.45) is 0. The van der Waals surface area contributed by atoms with Crippen molar-refractivity contribution in [2.24, 2.45) is 0 Å². The molecule has 0 rings (SSSR count). The van der Waals surface area contributed by atoms with Gasteiger partial charge in [-0.3, -0.25) is 0 Å². The maximum Gasteiger partial charge on any atom is 0 e. The van der Waals surface area contributed by atoms with Gasteiger partial charge in [0.15, 0.2) is 0 Å². The first kappa shape index (κ1) is 41.7. The third-order valence-corrected chi connectivity index (χ3v) is 0. The van der Waals surface area contributed by atoms with Crippen LogP contribution in [0.2, 0.25) is 0 Å². The molecule has 0 amide bonds. The van der Waals surface area contributed by atoms with Gasteiger partial charge in [-0.25, -0.2) is 0 Å². The Bertz CT molecular complexity index is 9.61. The van der Waals surface area contributed by atoms with Gasteiger partial charge in [0.2, 0.25) is 0 Å². The maximum atomic E-state index is 0. The van der Waals surface area contributed by atoms with Gasteiger partial charge in [0.25, 0.3) is 0 Å². The van der Waals surface area contributed by atoms with Crippen molar-refractivity contribution < 1.29 is 0 Å². The van der Waals surface area contributed by atoms with Crippen LogP contribution in [0.5, 0.6) is 0 Å². The summed E-state index contributed by atoms with van der Waals surface area (Å²) in [6, 6.07) is 0. The van der Waals surface area contributed by atoms with Crippen molar-refractivity contribution >= 4 is 101 Å². The van der Waals surface area contributed by atoms with E-state index in [0.717, 1.165) is 0 Å². The van der Waals surface area contributed by atoms with Gasteiger partial charge in [-0.05, 0) is 0 Å². The van der Waals surface area contributed by atoms with Crippen molar-refractivity contribution in [2.75, 3.05) is 0 Å². The molecule has 0 saturated heterocycles. The van der Waals surface area contributed by atoms with Crippen LogP contribution >= 0.6 is 0 Å². The van der Waals surface area contributed by atoms with E-state index in [9.17, 15) is 0 Å². The summed E-state index contributed by atoms with van der Waals surface area (Å²) < 4.78 is 0. The van der Waals surface area contributed by atoms with Crippen molar-refractivity contribution in [1.29, 1.82) is 0 Å². The Labute approximate surface area is 99.0 Å². The molecule has 0 atom stereocenters. The molecule has 0 aromatic heterocycles. The Morgan fingerprint density at radius 1 is 0.800 bits per heavy atom. The maximum absolute atomic E-state index is 0. The van der Waals surface area contributed by atoms with E-state index < -0.39 is 0 Å². The van der Waals surface area contributed by atoms with Crippen LogP contribution in [-0.2, 0) is 0 Å². The minimum absolute atomic E-state index is 0. The average molecular weight is 460 g/mol. The summed E-state index contributed by atoms with van der Waals surface area (Å²) in [5.74, 6) is 0. The molecule has 5 heteroatoms. The normalized spacial score (nSPS) is 0. The zero-order chi connectivity index (χ0) is 0. The van der Waals surface area contributed by atoms with E-state index in [0.29, 0.717) is 0 Å². The first-order valence-electron chi connectivity index (χ1n) is 0. The summed E-state index contributed by atoms with van der Waals surface area (Å²) >= 11 is 0. The third-order valence-electron chi connectivity index (χ3n) is 0. The molecule has 5 heavy (non-hydrogen) atoms. The molecule has 0 aliphatic carbocycles. The smallest absolute Gasteiger partial charge is 0 e. The quantitative estimate of drug-likeness (QED) is 0.371. The van der Waals surface area contributed by atoms with Crippen LogP contribution in [0, 0.1) is 0 Å². The molecule has 0 aliphatic heterocycles. The van der Waals surface area contributed by atoms with E-state index in [1.807, 2.05) is 0 Å². The van der Waals surface area contributed by atoms with Crippen LogP contribution in [0.3, 0.4) is 0 Å². The molecule has 21 valence electrons. The monoisotopic (exact) mass is 463 g/mol. The molecule has 0 heterocycles. The first-order chi connectivity index (χ1) is 0. The topological polar surface area (TPSA) is 0 Å². The predicted molar refractivity (Wildman–Crippen MR) is 28.8 cm³/mol. The zero-order valence-corrected chi connectivity index (χ0v) is 13.8. The van der Waals surface area contributed by atoms with Gasteiger partial charge < -0.3 is 0 Å². The molecule has 0 aromatic carbocycles. The van der Waals surface area contributed by atoms with E-state index in [4.69, 9.17) is 0 Å². The molecular weight excluding hydrogens is 460 g/mol. The minimum Gasteiger partial charge on any atom is 0 e. The fraction of sp³-hybridized carbons (Fsp3) is 0. The Morgan fingerprint density at radius 2 is 0.800 bits per heavy atom. The number of rotatable bonds is 0. The second-order valence-electron chi connectivity index (χ2n) is 0. The van der Waals surface area contributed by atoms with E-state index in [-0.39, 0.29) is 101 Å². The van der Waals surface area contributed by atoms with Crippen molar-refractivity contribution in [1.82, 2.24) is 0 Å². The molecule has 0 N–H and O–H groups in total. The van der Waals surface area contributed by atoms with Crippen molar-refractivity contribution in [3.63, 3.8) is 0 Å². The molecule has 0 spiro atoms. The molecule has 0 aromatic rings. The van der Waals surface area contributed by atoms with Gasteiger partial charge in [0.1, 0.15) is 0 Å². The van der Waals surface area contributed by atoms with Crippen LogP contribution in [0.25, 0.3) is 0 Å². The van der Waals surface area contributed by atoms with Crippen molar-refractivity contribution in [3.8, 4) is 0 Å². The second-order valence-corrected chi connectivity index (χ2v) is 0. The summed E-state index contributed by atoms with van der Waals surface area (Å²) in [7, 11) is 0. The van der Waals surface area contributed by atoms with Crippen molar-refractivity contribution in [3.05, 3.63) is 0 Å². The molecule has 0 fully saturated rings. The fourth-order valence-corrected chi connectivity index (χ4v) is 0. The predicted octanol–water partition coefficient (Wildman–Crippen LogP) is -1.90. The third kappa shape index (κ3) is 19.1. The Kier molecular flexibility index (Phi) is 227. The van der Waals surface area contributed by atoms with Crippen LogP contribution in [0.15, 0.2) is 0 Å². The molecule has 0 bridgehead atoms. The summed E-state index contributed by atoms with van der Waals surface area (Å²) in [5, 5.41) is 0. The largest absolute Gasteiger partial charge is 0 e. The Balaban J connectivity index is 0. The standard InChI is InChI=1S/Ge.Sb.Si.2Sn. The first-order valence-corrected chi connectivity index (χ1v) is 0. The summed E-state index contributed by atoms with van der Waals surface area (Å²) in [5.41, 5.74) is 0. The van der Waals surface area contributed by atoms with Gasteiger partial charge in [-0.15, -0.1) is 0 Å². The van der Waals surface area contributed by atoms with Crippen LogP contribution in [0.4, 0.5) is 0 Å². The van der Waals surface area contributed by atoms with Gasteiger partial charge >= 0.3 is 0 Å². The SMILES string of the molecule is [Ge].[Sb].[Si].[Sn].[Sn]. The van der Waals surface area contributed by atoms with Crippen molar-refractivity contribution in [2.45, 2.75) is 0 Å².